The maximum absolute atomic E-state index is 12.9. The number of amides is 1. The van der Waals surface area contributed by atoms with Gasteiger partial charge in [-0.05, 0) is 55.8 Å². The van der Waals surface area contributed by atoms with Crippen molar-refractivity contribution in [3.05, 3.63) is 59.9 Å². The molecule has 0 saturated carbocycles. The van der Waals surface area contributed by atoms with Crippen molar-refractivity contribution in [2.75, 3.05) is 6.61 Å². The quantitative estimate of drug-likeness (QED) is 0.755. The van der Waals surface area contributed by atoms with E-state index in [1.165, 1.54) is 24.3 Å². The van der Waals surface area contributed by atoms with E-state index in [4.69, 9.17) is 14.6 Å². The summed E-state index contributed by atoms with van der Waals surface area (Å²) in [5.41, 5.74) is -0.409. The monoisotopic (exact) mass is 361 g/mol. The smallest absolute Gasteiger partial charge is 0.341 e. The summed E-state index contributed by atoms with van der Waals surface area (Å²) in [4.78, 5) is 22.9. The molecule has 0 unspecified atom stereocenters. The van der Waals surface area contributed by atoms with Gasteiger partial charge in [-0.1, -0.05) is 12.1 Å². The van der Waals surface area contributed by atoms with Crippen LogP contribution in [0, 0.1) is 5.82 Å². The van der Waals surface area contributed by atoms with E-state index in [-0.39, 0.29) is 18.3 Å². The highest BCUT2D eigenvalue weighted by atomic mass is 19.1. The lowest BCUT2D eigenvalue weighted by atomic mass is 10.1. The second-order valence-corrected chi connectivity index (χ2v) is 6.08. The van der Waals surface area contributed by atoms with Crippen molar-refractivity contribution in [2.45, 2.75) is 26.0 Å². The lowest BCUT2D eigenvalue weighted by Crippen LogP contribution is -2.46. The summed E-state index contributed by atoms with van der Waals surface area (Å²) in [6.07, 6.45) is 0. The van der Waals surface area contributed by atoms with Crippen molar-refractivity contribution in [2.24, 2.45) is 0 Å². The first-order valence-corrected chi connectivity index (χ1v) is 7.93. The van der Waals surface area contributed by atoms with Gasteiger partial charge in [0.15, 0.2) is 12.2 Å². The molecule has 2 aromatic rings. The molecule has 0 radical (unpaired) electrons. The zero-order valence-corrected chi connectivity index (χ0v) is 14.5. The predicted octanol–water partition coefficient (Wildman–Crippen LogP) is 2.76. The number of hydrogen-bond donors (Lipinski definition) is 2. The van der Waals surface area contributed by atoms with Gasteiger partial charge >= 0.3 is 5.97 Å². The first-order valence-electron chi connectivity index (χ1n) is 7.93. The molecule has 0 fully saturated rings. The van der Waals surface area contributed by atoms with Gasteiger partial charge < -0.3 is 19.9 Å². The van der Waals surface area contributed by atoms with E-state index in [9.17, 15) is 14.0 Å². The van der Waals surface area contributed by atoms with Crippen molar-refractivity contribution < 1.29 is 28.6 Å². The molecule has 26 heavy (non-hydrogen) atoms. The molecule has 138 valence electrons. The van der Waals surface area contributed by atoms with Gasteiger partial charge in [-0.2, -0.15) is 0 Å². The zero-order chi connectivity index (χ0) is 19.2. The van der Waals surface area contributed by atoms with Gasteiger partial charge in [0.2, 0.25) is 0 Å². The Morgan fingerprint density at radius 3 is 2.46 bits per heavy atom. The predicted molar refractivity (Wildman–Crippen MR) is 92.5 cm³/mol. The van der Waals surface area contributed by atoms with Crippen LogP contribution in [0.15, 0.2) is 48.5 Å². The van der Waals surface area contributed by atoms with E-state index < -0.39 is 18.2 Å². The molecular weight excluding hydrogens is 341 g/mol. The number of carboxylic acids is 1. The van der Waals surface area contributed by atoms with Crippen LogP contribution in [0.1, 0.15) is 19.4 Å². The number of carboxylic acid groups (broad SMARTS) is 1. The Morgan fingerprint density at radius 1 is 1.12 bits per heavy atom. The Bertz CT molecular complexity index is 774. The molecule has 0 atom stereocenters. The fourth-order valence-corrected chi connectivity index (χ4v) is 2.13. The highest BCUT2D eigenvalue weighted by Crippen LogP contribution is 2.19. The minimum atomic E-state index is -1.16. The van der Waals surface area contributed by atoms with Crippen LogP contribution in [0.4, 0.5) is 4.39 Å². The molecule has 1 amide bonds. The van der Waals surface area contributed by atoms with Crippen molar-refractivity contribution in [3.63, 3.8) is 0 Å². The van der Waals surface area contributed by atoms with Crippen molar-refractivity contribution in [3.8, 4) is 11.5 Å². The van der Waals surface area contributed by atoms with E-state index >= 15 is 0 Å². The van der Waals surface area contributed by atoms with E-state index in [0.29, 0.717) is 11.5 Å². The van der Waals surface area contributed by atoms with Gasteiger partial charge in [-0.3, -0.25) is 4.79 Å². The largest absolute Gasteiger partial charge is 0.482 e. The maximum atomic E-state index is 12.9. The third-order valence-electron chi connectivity index (χ3n) is 3.45. The maximum Gasteiger partial charge on any atom is 0.341 e. The number of carbonyl (C=O) groups is 2. The average molecular weight is 361 g/mol. The summed E-state index contributed by atoms with van der Waals surface area (Å²) in [6, 6.07) is 12.2. The molecule has 2 N–H and O–H groups in total. The Hall–Kier alpha value is -3.09. The number of hydrogen-bond acceptors (Lipinski definition) is 4. The van der Waals surface area contributed by atoms with Gasteiger partial charge in [0.1, 0.15) is 17.3 Å². The summed E-state index contributed by atoms with van der Waals surface area (Å²) in [6.45, 7) is 3.00. The first kappa shape index (κ1) is 19.2. The van der Waals surface area contributed by atoms with E-state index in [1.807, 2.05) is 0 Å². The Morgan fingerprint density at radius 2 is 1.81 bits per heavy atom. The van der Waals surface area contributed by atoms with Crippen molar-refractivity contribution in [1.29, 1.82) is 0 Å². The lowest BCUT2D eigenvalue weighted by Gasteiger charge is -2.25. The van der Waals surface area contributed by atoms with Gasteiger partial charge in [0.05, 0.1) is 0 Å². The van der Waals surface area contributed by atoms with Gasteiger partial charge in [0, 0.05) is 6.54 Å². The highest BCUT2D eigenvalue weighted by molar-refractivity contribution is 5.84. The van der Waals surface area contributed by atoms with Crippen LogP contribution in [-0.2, 0) is 16.1 Å². The molecule has 0 spiro atoms. The summed E-state index contributed by atoms with van der Waals surface area (Å²) in [7, 11) is 0. The number of nitrogens with one attached hydrogen (secondary N) is 1. The van der Waals surface area contributed by atoms with E-state index in [1.54, 1.807) is 38.1 Å². The van der Waals surface area contributed by atoms with E-state index in [2.05, 4.69) is 5.32 Å². The highest BCUT2D eigenvalue weighted by Gasteiger charge is 2.29. The van der Waals surface area contributed by atoms with Crippen LogP contribution < -0.4 is 14.8 Å². The lowest BCUT2D eigenvalue weighted by molar-refractivity contribution is -0.139. The van der Waals surface area contributed by atoms with Crippen LogP contribution >= 0.6 is 0 Å². The number of rotatable bonds is 8. The van der Waals surface area contributed by atoms with Crippen LogP contribution in [0.25, 0.3) is 0 Å². The van der Waals surface area contributed by atoms with Crippen molar-refractivity contribution in [1.82, 2.24) is 5.32 Å². The molecule has 7 heteroatoms. The molecule has 0 aromatic heterocycles. The number of ether oxygens (including phenoxy) is 2. The number of halogens is 1. The summed E-state index contributed by atoms with van der Waals surface area (Å²) in [5, 5.41) is 11.4. The molecule has 2 aromatic carbocycles. The third-order valence-corrected chi connectivity index (χ3v) is 3.45. The molecule has 0 aliphatic heterocycles. The SMILES string of the molecule is CC(C)(Oc1ccc(F)cc1)C(=O)NCc1cccc(OCC(=O)O)c1. The second kappa shape index (κ2) is 8.33. The average Bonchev–Trinajstić information content (AvgIpc) is 2.60. The van der Waals surface area contributed by atoms with Crippen LogP contribution in [0.2, 0.25) is 0 Å². The fourth-order valence-electron chi connectivity index (χ4n) is 2.13. The Labute approximate surface area is 150 Å². The molecule has 6 nitrogen and oxygen atoms in total. The number of carbonyl (C=O) groups excluding carboxylic acids is 1. The molecule has 0 bridgehead atoms. The minimum Gasteiger partial charge on any atom is -0.482 e. The third kappa shape index (κ3) is 5.77. The van der Waals surface area contributed by atoms with Gasteiger partial charge in [0.25, 0.3) is 5.91 Å². The van der Waals surface area contributed by atoms with E-state index in [0.717, 1.165) is 5.56 Å². The second-order valence-electron chi connectivity index (χ2n) is 6.08. The number of aliphatic carboxylic acids is 1. The van der Waals surface area contributed by atoms with Crippen LogP contribution in [0.5, 0.6) is 11.5 Å². The summed E-state index contributed by atoms with van der Waals surface area (Å²) >= 11 is 0. The Kier molecular flexibility index (Phi) is 6.16. The molecule has 0 aliphatic carbocycles. The first-order chi connectivity index (χ1) is 12.3. The molecule has 0 heterocycles. The zero-order valence-electron chi connectivity index (χ0n) is 14.5. The summed E-state index contributed by atoms with van der Waals surface area (Å²) < 4.78 is 23.7. The van der Waals surface area contributed by atoms with Crippen LogP contribution in [-0.4, -0.2) is 29.2 Å². The van der Waals surface area contributed by atoms with Crippen LogP contribution in [0.3, 0.4) is 0 Å². The van der Waals surface area contributed by atoms with Gasteiger partial charge in [-0.25, -0.2) is 9.18 Å². The standard InChI is InChI=1S/C19H20FNO5/c1-19(2,26-15-8-6-14(20)7-9-15)18(24)21-11-13-4-3-5-16(10-13)25-12-17(22)23/h3-10H,11-12H2,1-2H3,(H,21,24)(H,22,23). The normalized spacial score (nSPS) is 10.9. The molecule has 2 rings (SSSR count). The van der Waals surface area contributed by atoms with Crippen molar-refractivity contribution >= 4 is 11.9 Å². The molecule has 0 saturated heterocycles. The minimum absolute atomic E-state index is 0.222. The number of benzene rings is 2. The summed E-state index contributed by atoms with van der Waals surface area (Å²) in [5.74, 6) is -1.01. The topological polar surface area (TPSA) is 84.9 Å². The fraction of sp³-hybridized carbons (Fsp3) is 0.263. The Balaban J connectivity index is 1.93. The van der Waals surface area contributed by atoms with Gasteiger partial charge in [-0.15, -0.1) is 0 Å². The molecular formula is C19H20FNO5. The molecule has 0 aliphatic rings.